The molecule has 2 fully saturated rings. The van der Waals surface area contributed by atoms with Crippen LogP contribution in [0.15, 0.2) is 42.5 Å². The Kier molecular flexibility index (Phi) is 9.16. The second-order valence-electron chi connectivity index (χ2n) is 11.0. The van der Waals surface area contributed by atoms with Gasteiger partial charge < -0.3 is 14.5 Å². The smallest absolute Gasteiger partial charge is 0.416 e. The second-order valence-corrected chi connectivity index (χ2v) is 11.4. The molecule has 4 rings (SSSR count). The van der Waals surface area contributed by atoms with Crippen LogP contribution < -0.4 is 4.74 Å². The van der Waals surface area contributed by atoms with Crippen molar-refractivity contribution in [2.45, 2.75) is 56.5 Å². The number of alkyl halides is 6. The van der Waals surface area contributed by atoms with Gasteiger partial charge in [-0.1, -0.05) is 29.8 Å². The van der Waals surface area contributed by atoms with Gasteiger partial charge in [-0.25, -0.2) is 0 Å². The summed E-state index contributed by atoms with van der Waals surface area (Å²) in [5.74, 6) is -2.89. The average Bonchev–Trinajstić information content (AvgIpc) is 2.86. The summed E-state index contributed by atoms with van der Waals surface area (Å²) in [4.78, 5) is 27.6. The predicted molar refractivity (Wildman–Crippen MR) is 141 cm³/mol. The van der Waals surface area contributed by atoms with Crippen LogP contribution in [0.25, 0.3) is 0 Å². The van der Waals surface area contributed by atoms with E-state index < -0.39 is 35.3 Å². The van der Waals surface area contributed by atoms with Gasteiger partial charge >= 0.3 is 12.4 Å². The van der Waals surface area contributed by atoms with E-state index >= 15 is 0 Å². The van der Waals surface area contributed by atoms with Gasteiger partial charge in [0.15, 0.2) is 5.92 Å². The van der Waals surface area contributed by atoms with Gasteiger partial charge in [-0.3, -0.25) is 9.59 Å². The van der Waals surface area contributed by atoms with Crippen molar-refractivity contribution < 1.29 is 40.7 Å². The summed E-state index contributed by atoms with van der Waals surface area (Å²) < 4.78 is 86.9. The molecule has 224 valence electrons. The molecule has 0 bridgehead atoms. The van der Waals surface area contributed by atoms with Crippen molar-refractivity contribution in [3.63, 3.8) is 0 Å². The molecule has 2 aromatic rings. The third-order valence-corrected chi connectivity index (χ3v) is 8.10. The minimum absolute atomic E-state index is 0.00635. The third kappa shape index (κ3) is 7.47. The Balaban J connectivity index is 1.27. The molecule has 1 aliphatic carbocycles. The molecule has 1 aliphatic heterocycles. The fraction of sp³-hybridized carbons (Fsp3) is 0.517. The number of likely N-dealkylation sites (tertiary alicyclic amines) is 1. The maximum atomic E-state index is 13.9. The van der Waals surface area contributed by atoms with E-state index in [4.69, 9.17) is 16.3 Å². The average molecular weight is 605 g/mol. The van der Waals surface area contributed by atoms with Crippen LogP contribution >= 0.6 is 11.6 Å². The van der Waals surface area contributed by atoms with Crippen molar-refractivity contribution >= 4 is 23.4 Å². The molecule has 41 heavy (non-hydrogen) atoms. The van der Waals surface area contributed by atoms with Crippen LogP contribution in [0.3, 0.4) is 0 Å². The molecule has 1 saturated carbocycles. The van der Waals surface area contributed by atoms with E-state index in [0.29, 0.717) is 47.2 Å². The number of benzene rings is 2. The van der Waals surface area contributed by atoms with Crippen LogP contribution in [-0.2, 0) is 11.0 Å². The molecule has 0 aromatic heterocycles. The number of carbonyl (C=O) groups excluding carboxylic acids is 2. The number of halogens is 7. The van der Waals surface area contributed by atoms with Gasteiger partial charge in [0.2, 0.25) is 5.91 Å². The van der Waals surface area contributed by atoms with E-state index in [1.807, 2.05) is 0 Å². The second kappa shape index (κ2) is 12.1. The number of ether oxygens (including phenoxy) is 1. The summed E-state index contributed by atoms with van der Waals surface area (Å²) in [6.45, 7) is 0.246. The van der Waals surface area contributed by atoms with Crippen molar-refractivity contribution in [3.8, 4) is 5.75 Å². The molecule has 0 spiro atoms. The number of hydrogen-bond donors (Lipinski definition) is 0. The SMILES string of the molecule is CN(C)C(=O)c1ccc(OC2CC(CC3CCN(C(=O)C(c4cccc(C(F)(F)F)c4)C(F)(F)F)CC3)C2)cc1Cl. The lowest BCUT2D eigenvalue weighted by atomic mass is 9.74. The molecular weight excluding hydrogens is 574 g/mol. The Hall–Kier alpha value is -2.95. The summed E-state index contributed by atoms with van der Waals surface area (Å²) in [7, 11) is 3.28. The number of piperidine rings is 1. The highest BCUT2D eigenvalue weighted by atomic mass is 35.5. The van der Waals surface area contributed by atoms with Gasteiger partial charge in [-0.05, 0) is 73.8 Å². The van der Waals surface area contributed by atoms with Crippen molar-refractivity contribution in [2.75, 3.05) is 27.2 Å². The fourth-order valence-electron chi connectivity index (χ4n) is 5.55. The van der Waals surface area contributed by atoms with E-state index in [-0.39, 0.29) is 31.0 Å². The first-order valence-electron chi connectivity index (χ1n) is 13.3. The molecule has 0 N–H and O–H groups in total. The molecule has 1 atom stereocenters. The Labute approximate surface area is 239 Å². The first kappa shape index (κ1) is 31.0. The van der Waals surface area contributed by atoms with Crippen molar-refractivity contribution in [3.05, 3.63) is 64.2 Å². The number of carbonyl (C=O) groups is 2. The van der Waals surface area contributed by atoms with Gasteiger partial charge in [-0.15, -0.1) is 0 Å². The van der Waals surface area contributed by atoms with E-state index in [0.717, 1.165) is 36.3 Å². The van der Waals surface area contributed by atoms with E-state index in [2.05, 4.69) is 0 Å². The van der Waals surface area contributed by atoms with E-state index in [1.54, 1.807) is 32.3 Å². The van der Waals surface area contributed by atoms with E-state index in [1.165, 1.54) is 4.90 Å². The van der Waals surface area contributed by atoms with Crippen LogP contribution in [0.1, 0.15) is 59.5 Å². The van der Waals surface area contributed by atoms with Crippen molar-refractivity contribution in [1.82, 2.24) is 9.80 Å². The topological polar surface area (TPSA) is 49.9 Å². The molecular formula is C29H31ClF6N2O3. The van der Waals surface area contributed by atoms with Crippen LogP contribution in [0.4, 0.5) is 26.3 Å². The maximum absolute atomic E-state index is 13.9. The minimum Gasteiger partial charge on any atom is -0.490 e. The first-order valence-corrected chi connectivity index (χ1v) is 13.7. The van der Waals surface area contributed by atoms with Gasteiger partial charge in [-0.2, -0.15) is 26.3 Å². The molecule has 1 heterocycles. The molecule has 1 saturated heterocycles. The molecule has 1 unspecified atom stereocenters. The van der Waals surface area contributed by atoms with Crippen molar-refractivity contribution in [1.29, 1.82) is 0 Å². The maximum Gasteiger partial charge on any atom is 0.416 e. The monoisotopic (exact) mass is 604 g/mol. The Morgan fingerprint density at radius 1 is 1.00 bits per heavy atom. The standard InChI is InChI=1S/C29H31ClF6N2O3/c1-37(2)26(39)23-7-6-21(16-24(23)30)41-22-13-18(14-22)12-17-8-10-38(11-9-17)27(40)25(29(34,35)36)19-4-3-5-20(15-19)28(31,32)33/h3-7,15-18,22,25H,8-14H2,1-2H3. The lowest BCUT2D eigenvalue weighted by Gasteiger charge is -2.40. The van der Waals surface area contributed by atoms with Crippen LogP contribution in [-0.4, -0.2) is 61.1 Å². The third-order valence-electron chi connectivity index (χ3n) is 7.79. The van der Waals surface area contributed by atoms with Crippen LogP contribution in [0, 0.1) is 11.8 Å². The summed E-state index contributed by atoms with van der Waals surface area (Å²) in [6, 6.07) is 7.84. The van der Waals surface area contributed by atoms with Crippen LogP contribution in [0.5, 0.6) is 5.75 Å². The van der Waals surface area contributed by atoms with Gasteiger partial charge in [0, 0.05) is 27.2 Å². The Morgan fingerprint density at radius 3 is 2.22 bits per heavy atom. The molecule has 2 amide bonds. The summed E-state index contributed by atoms with van der Waals surface area (Å²) >= 11 is 6.25. The van der Waals surface area contributed by atoms with Gasteiger partial charge in [0.05, 0.1) is 22.3 Å². The highest BCUT2D eigenvalue weighted by molar-refractivity contribution is 6.34. The lowest BCUT2D eigenvalue weighted by molar-refractivity contribution is -0.173. The summed E-state index contributed by atoms with van der Waals surface area (Å²) in [5.41, 5.74) is -1.55. The predicted octanol–water partition coefficient (Wildman–Crippen LogP) is 7.19. The summed E-state index contributed by atoms with van der Waals surface area (Å²) in [5, 5.41) is 0.305. The molecule has 12 heteroatoms. The number of amides is 2. The quantitative estimate of drug-likeness (QED) is 0.314. The molecule has 0 radical (unpaired) electrons. The van der Waals surface area contributed by atoms with E-state index in [9.17, 15) is 35.9 Å². The normalized spacial score (nSPS) is 20.8. The minimum atomic E-state index is -5.02. The van der Waals surface area contributed by atoms with Crippen molar-refractivity contribution in [2.24, 2.45) is 11.8 Å². The number of hydrogen-bond acceptors (Lipinski definition) is 3. The Morgan fingerprint density at radius 2 is 1.66 bits per heavy atom. The zero-order valence-electron chi connectivity index (χ0n) is 22.6. The highest BCUT2D eigenvalue weighted by Crippen LogP contribution is 2.41. The molecule has 2 aromatic carbocycles. The zero-order valence-corrected chi connectivity index (χ0v) is 23.3. The Bertz CT molecular complexity index is 1250. The molecule has 2 aliphatic rings. The van der Waals surface area contributed by atoms with Gasteiger partial charge in [0.25, 0.3) is 5.91 Å². The fourth-order valence-corrected chi connectivity index (χ4v) is 5.80. The lowest BCUT2D eigenvalue weighted by Crippen LogP contribution is -2.45. The zero-order chi connectivity index (χ0) is 30.1. The largest absolute Gasteiger partial charge is 0.490 e. The molecule has 5 nitrogen and oxygen atoms in total. The summed E-state index contributed by atoms with van der Waals surface area (Å²) in [6.07, 6.45) is -6.32. The number of nitrogens with zero attached hydrogens (tertiary/aromatic N) is 2. The van der Waals surface area contributed by atoms with Gasteiger partial charge in [0.1, 0.15) is 5.75 Å². The highest BCUT2D eigenvalue weighted by Gasteiger charge is 2.48. The number of rotatable bonds is 7. The van der Waals surface area contributed by atoms with Crippen LogP contribution in [0.2, 0.25) is 5.02 Å². The first-order chi connectivity index (χ1) is 19.1.